The molecule has 2 heteroatoms. The Kier molecular flexibility index (Phi) is 3.24. The number of rotatable bonds is 3. The average molecular weight is 254 g/mol. The molecule has 0 bridgehead atoms. The van der Waals surface area contributed by atoms with Crippen LogP contribution >= 0.6 is 15.9 Å². The van der Waals surface area contributed by atoms with Crippen LogP contribution in [0.3, 0.4) is 0 Å². The molecule has 1 unspecified atom stereocenters. The molecule has 1 atom stereocenters. The van der Waals surface area contributed by atoms with Gasteiger partial charge in [-0.15, -0.1) is 0 Å². The van der Waals surface area contributed by atoms with E-state index in [4.69, 9.17) is 0 Å². The van der Waals surface area contributed by atoms with Gasteiger partial charge in [0.1, 0.15) is 0 Å². The first-order chi connectivity index (χ1) is 6.81. The van der Waals surface area contributed by atoms with Crippen LogP contribution in [0.5, 0.6) is 0 Å². The zero-order chi connectivity index (χ0) is 9.97. The fraction of sp³-hybridized carbons (Fsp3) is 0.500. The largest absolute Gasteiger partial charge is 0.310 e. The summed E-state index contributed by atoms with van der Waals surface area (Å²) in [6.45, 7) is 3.34. The molecule has 0 amide bonds. The smallest absolute Gasteiger partial charge is 0.0326 e. The van der Waals surface area contributed by atoms with Gasteiger partial charge in [-0.05, 0) is 49.1 Å². The minimum absolute atomic E-state index is 0.595. The second-order valence-corrected chi connectivity index (χ2v) is 4.80. The average Bonchev–Trinajstić information content (AvgIpc) is 2.57. The molecule has 0 aromatic heterocycles. The second kappa shape index (κ2) is 4.45. The van der Waals surface area contributed by atoms with Crippen LogP contribution in [0.4, 0.5) is 0 Å². The van der Waals surface area contributed by atoms with Gasteiger partial charge in [0.15, 0.2) is 0 Å². The van der Waals surface area contributed by atoms with Gasteiger partial charge in [0.2, 0.25) is 0 Å². The van der Waals surface area contributed by atoms with Gasteiger partial charge < -0.3 is 5.32 Å². The van der Waals surface area contributed by atoms with Crippen molar-refractivity contribution in [2.75, 3.05) is 6.54 Å². The van der Waals surface area contributed by atoms with E-state index >= 15 is 0 Å². The van der Waals surface area contributed by atoms with Gasteiger partial charge in [-0.3, -0.25) is 0 Å². The van der Waals surface area contributed by atoms with Crippen molar-refractivity contribution < 1.29 is 0 Å². The fourth-order valence-electron chi connectivity index (χ4n) is 2.12. The Balaban J connectivity index is 2.14. The van der Waals surface area contributed by atoms with Crippen molar-refractivity contribution in [3.63, 3.8) is 0 Å². The first-order valence-electron chi connectivity index (χ1n) is 5.33. The van der Waals surface area contributed by atoms with Crippen molar-refractivity contribution in [1.82, 2.24) is 5.32 Å². The lowest BCUT2D eigenvalue weighted by molar-refractivity contribution is 0.529. The molecule has 1 nitrogen and oxygen atoms in total. The summed E-state index contributed by atoms with van der Waals surface area (Å²) in [6, 6.07) is 7.24. The molecule has 0 heterocycles. The van der Waals surface area contributed by atoms with Crippen LogP contribution in [0.1, 0.15) is 36.9 Å². The Morgan fingerprint density at radius 3 is 3.14 bits per heavy atom. The van der Waals surface area contributed by atoms with Crippen molar-refractivity contribution in [1.29, 1.82) is 0 Å². The van der Waals surface area contributed by atoms with E-state index in [1.807, 2.05) is 0 Å². The predicted molar refractivity (Wildman–Crippen MR) is 63.5 cm³/mol. The van der Waals surface area contributed by atoms with Gasteiger partial charge in [-0.2, -0.15) is 0 Å². The van der Waals surface area contributed by atoms with Crippen molar-refractivity contribution in [2.24, 2.45) is 0 Å². The van der Waals surface area contributed by atoms with Gasteiger partial charge in [0.25, 0.3) is 0 Å². The molecular formula is C12H16BrN. The summed E-state index contributed by atoms with van der Waals surface area (Å²) in [6.07, 6.45) is 3.68. The minimum atomic E-state index is 0.595. The van der Waals surface area contributed by atoms with E-state index in [0.29, 0.717) is 6.04 Å². The van der Waals surface area contributed by atoms with Gasteiger partial charge in [-0.25, -0.2) is 0 Å². The van der Waals surface area contributed by atoms with Crippen LogP contribution in [0, 0.1) is 0 Å². The number of nitrogens with one attached hydrogen (secondary N) is 1. The van der Waals surface area contributed by atoms with Crippen LogP contribution in [-0.2, 0) is 6.42 Å². The van der Waals surface area contributed by atoms with Gasteiger partial charge in [0.05, 0.1) is 0 Å². The summed E-state index contributed by atoms with van der Waals surface area (Å²) in [5.41, 5.74) is 3.01. The fourth-order valence-corrected chi connectivity index (χ4v) is 2.53. The highest BCUT2D eigenvalue weighted by atomic mass is 79.9. The SMILES string of the molecule is CCCNC1CCc2cc(Br)ccc21. The molecule has 0 saturated carbocycles. The van der Waals surface area contributed by atoms with Gasteiger partial charge >= 0.3 is 0 Å². The Labute approximate surface area is 94.0 Å². The summed E-state index contributed by atoms with van der Waals surface area (Å²) in [5, 5.41) is 3.59. The summed E-state index contributed by atoms with van der Waals surface area (Å²) in [5.74, 6) is 0. The molecule has 0 aliphatic heterocycles. The van der Waals surface area contributed by atoms with Gasteiger partial charge in [-0.1, -0.05) is 28.9 Å². The highest BCUT2D eigenvalue weighted by Gasteiger charge is 2.21. The third-order valence-electron chi connectivity index (χ3n) is 2.82. The van der Waals surface area contributed by atoms with Crippen molar-refractivity contribution >= 4 is 15.9 Å². The Morgan fingerprint density at radius 1 is 1.50 bits per heavy atom. The maximum atomic E-state index is 3.59. The molecule has 1 aromatic carbocycles. The lowest BCUT2D eigenvalue weighted by Gasteiger charge is -2.12. The van der Waals surface area contributed by atoms with Gasteiger partial charge in [0, 0.05) is 10.5 Å². The van der Waals surface area contributed by atoms with Crippen LogP contribution < -0.4 is 5.32 Å². The molecule has 1 aliphatic rings. The minimum Gasteiger partial charge on any atom is -0.310 e. The third-order valence-corrected chi connectivity index (χ3v) is 3.32. The number of aryl methyl sites for hydroxylation is 1. The lowest BCUT2D eigenvalue weighted by Crippen LogP contribution is -2.19. The summed E-state index contributed by atoms with van der Waals surface area (Å²) in [4.78, 5) is 0. The highest BCUT2D eigenvalue weighted by molar-refractivity contribution is 9.10. The van der Waals surface area contributed by atoms with Crippen molar-refractivity contribution in [3.05, 3.63) is 33.8 Å². The van der Waals surface area contributed by atoms with E-state index in [0.717, 1.165) is 6.54 Å². The topological polar surface area (TPSA) is 12.0 Å². The number of halogens is 1. The highest BCUT2D eigenvalue weighted by Crippen LogP contribution is 2.32. The maximum Gasteiger partial charge on any atom is 0.0326 e. The molecule has 0 radical (unpaired) electrons. The molecule has 0 spiro atoms. The molecule has 1 aliphatic carbocycles. The number of hydrogen-bond acceptors (Lipinski definition) is 1. The van der Waals surface area contributed by atoms with Crippen LogP contribution in [0.2, 0.25) is 0 Å². The quantitative estimate of drug-likeness (QED) is 0.871. The molecular weight excluding hydrogens is 238 g/mol. The second-order valence-electron chi connectivity index (χ2n) is 3.89. The summed E-state index contributed by atoms with van der Waals surface area (Å²) < 4.78 is 1.20. The first kappa shape index (κ1) is 10.2. The zero-order valence-corrected chi connectivity index (χ0v) is 10.1. The first-order valence-corrected chi connectivity index (χ1v) is 6.12. The molecule has 1 aromatic rings. The lowest BCUT2D eigenvalue weighted by atomic mass is 10.1. The number of fused-ring (bicyclic) bond motifs is 1. The standard InChI is InChI=1S/C12H16BrN/c1-2-7-14-12-6-3-9-8-10(13)4-5-11(9)12/h4-5,8,12,14H,2-3,6-7H2,1H3. The van der Waals surface area contributed by atoms with E-state index in [2.05, 4.69) is 46.4 Å². The van der Waals surface area contributed by atoms with E-state index in [-0.39, 0.29) is 0 Å². The van der Waals surface area contributed by atoms with Crippen molar-refractivity contribution in [3.8, 4) is 0 Å². The molecule has 0 fully saturated rings. The molecule has 0 saturated heterocycles. The van der Waals surface area contributed by atoms with Crippen LogP contribution in [0.25, 0.3) is 0 Å². The number of hydrogen-bond donors (Lipinski definition) is 1. The normalized spacial score (nSPS) is 19.7. The number of benzene rings is 1. The monoisotopic (exact) mass is 253 g/mol. The van der Waals surface area contributed by atoms with E-state index in [1.165, 1.54) is 34.9 Å². The molecule has 76 valence electrons. The summed E-state index contributed by atoms with van der Waals surface area (Å²) in [7, 11) is 0. The molecule has 2 rings (SSSR count). The van der Waals surface area contributed by atoms with Crippen LogP contribution in [-0.4, -0.2) is 6.54 Å². The van der Waals surface area contributed by atoms with E-state index in [9.17, 15) is 0 Å². The zero-order valence-electron chi connectivity index (χ0n) is 8.52. The Hall–Kier alpha value is -0.340. The Morgan fingerprint density at radius 2 is 2.36 bits per heavy atom. The van der Waals surface area contributed by atoms with E-state index in [1.54, 1.807) is 0 Å². The van der Waals surface area contributed by atoms with Crippen molar-refractivity contribution in [2.45, 2.75) is 32.2 Å². The summed E-state index contributed by atoms with van der Waals surface area (Å²) >= 11 is 3.52. The molecule has 1 N–H and O–H groups in total. The predicted octanol–water partition coefficient (Wildman–Crippen LogP) is 3.44. The van der Waals surface area contributed by atoms with E-state index < -0.39 is 0 Å². The third kappa shape index (κ3) is 2.01. The molecule has 14 heavy (non-hydrogen) atoms. The maximum absolute atomic E-state index is 3.59. The van der Waals surface area contributed by atoms with Crippen LogP contribution in [0.15, 0.2) is 22.7 Å². The Bertz CT molecular complexity index is 322.